The minimum atomic E-state index is -3.88. The summed E-state index contributed by atoms with van der Waals surface area (Å²) in [6, 6.07) is 2.56. The van der Waals surface area contributed by atoms with Gasteiger partial charge in [-0.05, 0) is 44.0 Å². The lowest BCUT2D eigenvalue weighted by Crippen LogP contribution is -2.41. The zero-order valence-corrected chi connectivity index (χ0v) is 12.8. The van der Waals surface area contributed by atoms with E-state index >= 15 is 0 Å². The van der Waals surface area contributed by atoms with Crippen molar-refractivity contribution in [1.82, 2.24) is 9.62 Å². The number of benzene rings is 1. The van der Waals surface area contributed by atoms with Crippen LogP contribution in [0.15, 0.2) is 23.1 Å². The van der Waals surface area contributed by atoms with Crippen LogP contribution in [0, 0.1) is 17.6 Å². The lowest BCUT2D eigenvalue weighted by Gasteiger charge is -2.31. The molecule has 0 saturated carbocycles. The summed E-state index contributed by atoms with van der Waals surface area (Å²) >= 11 is 0. The maximum atomic E-state index is 13.7. The van der Waals surface area contributed by atoms with E-state index in [0.717, 1.165) is 38.1 Å². The van der Waals surface area contributed by atoms with Gasteiger partial charge in [0.15, 0.2) is 0 Å². The van der Waals surface area contributed by atoms with Crippen LogP contribution < -0.4 is 5.32 Å². The van der Waals surface area contributed by atoms with E-state index in [1.165, 1.54) is 4.31 Å². The van der Waals surface area contributed by atoms with Crippen molar-refractivity contribution in [2.24, 2.45) is 5.92 Å². The van der Waals surface area contributed by atoms with E-state index in [-0.39, 0.29) is 0 Å². The first-order chi connectivity index (χ1) is 9.95. The fourth-order valence-electron chi connectivity index (χ4n) is 2.53. The van der Waals surface area contributed by atoms with Crippen molar-refractivity contribution in [3.05, 3.63) is 29.8 Å². The number of halogens is 2. The quantitative estimate of drug-likeness (QED) is 0.903. The fraction of sp³-hybridized carbons (Fsp3) is 0.571. The zero-order valence-electron chi connectivity index (χ0n) is 12.0. The van der Waals surface area contributed by atoms with Gasteiger partial charge in [0, 0.05) is 19.2 Å². The first-order valence-electron chi connectivity index (χ1n) is 7.11. The molecule has 7 heteroatoms. The largest absolute Gasteiger partial charge is 0.317 e. The van der Waals surface area contributed by atoms with Crippen LogP contribution in [-0.2, 0) is 10.0 Å². The summed E-state index contributed by atoms with van der Waals surface area (Å²) in [4.78, 5) is -0.450. The third kappa shape index (κ3) is 3.78. The molecule has 1 aromatic rings. The van der Waals surface area contributed by atoms with Crippen LogP contribution in [-0.4, -0.2) is 38.9 Å². The van der Waals surface area contributed by atoms with Crippen molar-refractivity contribution in [2.75, 3.05) is 26.2 Å². The van der Waals surface area contributed by atoms with E-state index in [9.17, 15) is 17.2 Å². The maximum Gasteiger partial charge on any atom is 0.245 e. The molecule has 1 aliphatic heterocycles. The molecule has 1 fully saturated rings. The van der Waals surface area contributed by atoms with E-state index in [1.807, 2.05) is 6.92 Å². The number of rotatable bonds is 5. The Kier molecular flexibility index (Phi) is 5.29. The molecule has 0 spiro atoms. The van der Waals surface area contributed by atoms with Crippen LogP contribution in [0.1, 0.15) is 19.8 Å². The number of sulfonamides is 1. The molecule has 1 heterocycles. The Bertz CT molecular complexity index is 585. The predicted molar refractivity (Wildman–Crippen MR) is 76.4 cm³/mol. The normalized spacial score (nSPS) is 18.0. The molecule has 0 bridgehead atoms. The smallest absolute Gasteiger partial charge is 0.245 e. The van der Waals surface area contributed by atoms with Crippen LogP contribution in [0.5, 0.6) is 0 Å². The highest BCUT2D eigenvalue weighted by molar-refractivity contribution is 7.89. The van der Waals surface area contributed by atoms with Gasteiger partial charge in [0.1, 0.15) is 16.5 Å². The van der Waals surface area contributed by atoms with Gasteiger partial charge in [-0.25, -0.2) is 17.2 Å². The highest BCUT2D eigenvalue weighted by atomic mass is 32.2. The second-order valence-corrected chi connectivity index (χ2v) is 7.14. The molecule has 1 aromatic carbocycles. The van der Waals surface area contributed by atoms with E-state index < -0.39 is 26.6 Å². The molecular formula is C14H20F2N2O2S. The Morgan fingerprint density at radius 3 is 2.52 bits per heavy atom. The Labute approximate surface area is 124 Å². The lowest BCUT2D eigenvalue weighted by molar-refractivity contribution is 0.268. The third-order valence-corrected chi connectivity index (χ3v) is 5.70. The topological polar surface area (TPSA) is 49.4 Å². The number of hydrogen-bond acceptors (Lipinski definition) is 3. The first kappa shape index (κ1) is 16.3. The van der Waals surface area contributed by atoms with Crippen LogP contribution in [0.2, 0.25) is 0 Å². The number of hydrogen-bond donors (Lipinski definition) is 1. The minimum Gasteiger partial charge on any atom is -0.317 e. The van der Waals surface area contributed by atoms with Gasteiger partial charge in [-0.2, -0.15) is 4.31 Å². The molecule has 0 atom stereocenters. The summed E-state index contributed by atoms with van der Waals surface area (Å²) in [5.41, 5.74) is 0. The first-order valence-corrected chi connectivity index (χ1v) is 8.55. The Morgan fingerprint density at radius 2 is 1.95 bits per heavy atom. The molecule has 2 rings (SSSR count). The summed E-state index contributed by atoms with van der Waals surface area (Å²) < 4.78 is 52.6. The number of nitrogens with zero attached hydrogens (tertiary/aromatic N) is 1. The number of piperidine rings is 1. The molecule has 4 nitrogen and oxygen atoms in total. The summed E-state index contributed by atoms with van der Waals surface area (Å²) in [7, 11) is -3.88. The SMILES string of the molecule is CCNCC1CCN(S(=O)(=O)c2ccc(F)cc2F)CC1. The predicted octanol–water partition coefficient (Wildman–Crippen LogP) is 1.98. The second-order valence-electron chi connectivity index (χ2n) is 5.23. The molecular weight excluding hydrogens is 298 g/mol. The Hall–Kier alpha value is -1.05. The summed E-state index contributed by atoms with van der Waals surface area (Å²) in [6.45, 7) is 4.52. The standard InChI is InChI=1S/C14H20F2N2O2S/c1-2-17-10-11-5-7-18(8-6-11)21(19,20)14-4-3-12(15)9-13(14)16/h3-4,9,11,17H,2,5-8,10H2,1H3. The van der Waals surface area contributed by atoms with Gasteiger partial charge in [0.25, 0.3) is 0 Å². The van der Waals surface area contributed by atoms with E-state index in [1.54, 1.807) is 0 Å². The molecule has 118 valence electrons. The molecule has 0 unspecified atom stereocenters. The van der Waals surface area contributed by atoms with Crippen LogP contribution in [0.4, 0.5) is 8.78 Å². The van der Waals surface area contributed by atoms with Gasteiger partial charge < -0.3 is 5.32 Å². The van der Waals surface area contributed by atoms with Gasteiger partial charge in [0.2, 0.25) is 10.0 Å². The van der Waals surface area contributed by atoms with Gasteiger partial charge >= 0.3 is 0 Å². The van der Waals surface area contributed by atoms with Crippen molar-refractivity contribution in [1.29, 1.82) is 0 Å². The van der Waals surface area contributed by atoms with Crippen LogP contribution >= 0.6 is 0 Å². The highest BCUT2D eigenvalue weighted by Gasteiger charge is 2.31. The van der Waals surface area contributed by atoms with Gasteiger partial charge in [-0.3, -0.25) is 0 Å². The molecule has 1 aliphatic rings. The van der Waals surface area contributed by atoms with Crippen molar-refractivity contribution in [2.45, 2.75) is 24.7 Å². The highest BCUT2D eigenvalue weighted by Crippen LogP contribution is 2.25. The molecule has 0 amide bonds. The van der Waals surface area contributed by atoms with Crippen molar-refractivity contribution in [3.8, 4) is 0 Å². The van der Waals surface area contributed by atoms with E-state index in [0.29, 0.717) is 25.1 Å². The second kappa shape index (κ2) is 6.81. The van der Waals surface area contributed by atoms with E-state index in [4.69, 9.17) is 0 Å². The third-order valence-electron chi connectivity index (χ3n) is 3.77. The maximum absolute atomic E-state index is 13.7. The Morgan fingerprint density at radius 1 is 1.29 bits per heavy atom. The zero-order chi connectivity index (χ0) is 15.5. The van der Waals surface area contributed by atoms with Crippen molar-refractivity contribution < 1.29 is 17.2 Å². The molecule has 1 N–H and O–H groups in total. The van der Waals surface area contributed by atoms with Gasteiger partial charge in [0.05, 0.1) is 0 Å². The Balaban J connectivity index is 2.08. The summed E-state index contributed by atoms with van der Waals surface area (Å²) in [5, 5.41) is 3.25. The summed E-state index contributed by atoms with van der Waals surface area (Å²) in [6.07, 6.45) is 1.49. The molecule has 21 heavy (non-hydrogen) atoms. The average molecular weight is 318 g/mol. The monoisotopic (exact) mass is 318 g/mol. The van der Waals surface area contributed by atoms with Crippen molar-refractivity contribution in [3.63, 3.8) is 0 Å². The molecule has 0 aliphatic carbocycles. The van der Waals surface area contributed by atoms with Gasteiger partial charge in [-0.1, -0.05) is 6.92 Å². The molecule has 1 saturated heterocycles. The van der Waals surface area contributed by atoms with Crippen LogP contribution in [0.25, 0.3) is 0 Å². The van der Waals surface area contributed by atoms with E-state index in [2.05, 4.69) is 5.32 Å². The average Bonchev–Trinajstić information content (AvgIpc) is 2.45. The summed E-state index contributed by atoms with van der Waals surface area (Å²) in [5.74, 6) is -1.38. The molecule has 0 radical (unpaired) electrons. The fourth-order valence-corrected chi connectivity index (χ4v) is 4.04. The van der Waals surface area contributed by atoms with Crippen LogP contribution in [0.3, 0.4) is 0 Å². The number of nitrogens with one attached hydrogen (secondary N) is 1. The lowest BCUT2D eigenvalue weighted by atomic mass is 9.98. The molecule has 0 aromatic heterocycles. The van der Waals surface area contributed by atoms with Gasteiger partial charge in [-0.15, -0.1) is 0 Å². The minimum absolute atomic E-state index is 0.370. The van der Waals surface area contributed by atoms with Crippen molar-refractivity contribution >= 4 is 10.0 Å².